The third-order valence-electron chi connectivity index (χ3n) is 2.25. The van der Waals surface area contributed by atoms with Crippen LogP contribution in [0.3, 0.4) is 0 Å². The summed E-state index contributed by atoms with van der Waals surface area (Å²) in [4.78, 5) is 11.4. The highest BCUT2D eigenvalue weighted by atomic mass is 79.9. The highest BCUT2D eigenvalue weighted by molar-refractivity contribution is 9.08. The second-order valence-electron chi connectivity index (χ2n) is 3.55. The molecule has 0 N–H and O–H groups in total. The van der Waals surface area contributed by atoms with Crippen molar-refractivity contribution >= 4 is 33.5 Å². The molecule has 3 nitrogen and oxygen atoms in total. The fourth-order valence-corrected chi connectivity index (χ4v) is 2.23. The van der Waals surface area contributed by atoms with Crippen LogP contribution in [0.5, 0.6) is 5.75 Å². The maximum absolute atomic E-state index is 12.2. The predicted octanol–water partition coefficient (Wildman–Crippen LogP) is 3.94. The van der Waals surface area contributed by atoms with Crippen LogP contribution in [0.2, 0.25) is 5.02 Å². The maximum Gasteiger partial charge on any atom is 0.387 e. The summed E-state index contributed by atoms with van der Waals surface area (Å²) in [5.74, 6) is -0.587. The van der Waals surface area contributed by atoms with E-state index in [0.29, 0.717) is 10.9 Å². The molecule has 1 rings (SSSR count). The zero-order valence-electron chi connectivity index (χ0n) is 10.1. The smallest absolute Gasteiger partial charge is 0.387 e. The van der Waals surface area contributed by atoms with E-state index in [2.05, 4.69) is 20.7 Å². The van der Waals surface area contributed by atoms with Crippen molar-refractivity contribution in [3.8, 4) is 5.75 Å². The Morgan fingerprint density at radius 3 is 2.63 bits per heavy atom. The Hall–Kier alpha value is -0.880. The van der Waals surface area contributed by atoms with Gasteiger partial charge in [-0.05, 0) is 30.2 Å². The van der Waals surface area contributed by atoms with Crippen LogP contribution < -0.4 is 4.74 Å². The Labute approximate surface area is 123 Å². The van der Waals surface area contributed by atoms with E-state index < -0.39 is 12.6 Å². The van der Waals surface area contributed by atoms with Gasteiger partial charge in [-0.2, -0.15) is 8.78 Å². The first kappa shape index (κ1) is 16.2. The maximum atomic E-state index is 12.2. The number of ether oxygens (including phenoxy) is 2. The molecule has 0 radical (unpaired) electrons. The van der Waals surface area contributed by atoms with Gasteiger partial charge in [0.25, 0.3) is 0 Å². The van der Waals surface area contributed by atoms with E-state index in [4.69, 9.17) is 16.3 Å². The van der Waals surface area contributed by atoms with Gasteiger partial charge >= 0.3 is 12.6 Å². The Balaban J connectivity index is 3.02. The number of hydrogen-bond donors (Lipinski definition) is 0. The molecule has 0 aliphatic heterocycles. The highest BCUT2D eigenvalue weighted by Gasteiger charge is 2.15. The molecule has 0 fully saturated rings. The Morgan fingerprint density at radius 1 is 1.42 bits per heavy atom. The molecule has 106 valence electrons. The molecule has 0 unspecified atom stereocenters. The van der Waals surface area contributed by atoms with Crippen LogP contribution >= 0.6 is 27.5 Å². The van der Waals surface area contributed by atoms with Crippen LogP contribution in [0.25, 0.3) is 0 Å². The van der Waals surface area contributed by atoms with E-state index in [-0.39, 0.29) is 23.8 Å². The van der Waals surface area contributed by atoms with Crippen molar-refractivity contribution in [1.29, 1.82) is 0 Å². The molecule has 1 aromatic rings. The average molecular weight is 358 g/mol. The van der Waals surface area contributed by atoms with E-state index in [1.54, 1.807) is 6.92 Å². The molecule has 0 spiro atoms. The molecule has 0 aliphatic carbocycles. The number of carbonyl (C=O) groups is 1. The van der Waals surface area contributed by atoms with E-state index in [1.807, 2.05) is 0 Å². The number of carbonyl (C=O) groups excluding carboxylic acids is 1. The third-order valence-corrected chi connectivity index (χ3v) is 3.15. The lowest BCUT2D eigenvalue weighted by Gasteiger charge is -2.12. The number of alkyl halides is 3. The second-order valence-corrected chi connectivity index (χ2v) is 4.51. The van der Waals surface area contributed by atoms with Crippen molar-refractivity contribution in [2.75, 3.05) is 6.61 Å². The molecule has 19 heavy (non-hydrogen) atoms. The van der Waals surface area contributed by atoms with E-state index in [9.17, 15) is 13.6 Å². The largest absolute Gasteiger partial charge is 0.466 e. The van der Waals surface area contributed by atoms with Crippen molar-refractivity contribution in [3.05, 3.63) is 28.3 Å². The van der Waals surface area contributed by atoms with E-state index >= 15 is 0 Å². The lowest BCUT2D eigenvalue weighted by Crippen LogP contribution is -2.10. The van der Waals surface area contributed by atoms with Crippen molar-refractivity contribution in [3.63, 3.8) is 0 Å². The Bertz CT molecular complexity index is 455. The number of halogens is 4. The quantitative estimate of drug-likeness (QED) is 0.571. The van der Waals surface area contributed by atoms with Crippen LogP contribution in [-0.2, 0) is 21.3 Å². The van der Waals surface area contributed by atoms with Crippen LogP contribution in [0, 0.1) is 0 Å². The van der Waals surface area contributed by atoms with Gasteiger partial charge in [0.2, 0.25) is 0 Å². The molecule has 0 saturated carbocycles. The summed E-state index contributed by atoms with van der Waals surface area (Å²) in [6, 6.07) is 2.82. The molecule has 0 aromatic heterocycles. The van der Waals surface area contributed by atoms with Gasteiger partial charge < -0.3 is 9.47 Å². The average Bonchev–Trinajstić information content (AvgIpc) is 2.32. The van der Waals surface area contributed by atoms with Gasteiger partial charge in [-0.15, -0.1) is 0 Å². The molecule has 0 amide bonds. The minimum atomic E-state index is -2.97. The Kier molecular flexibility index (Phi) is 6.51. The molecule has 0 atom stereocenters. The van der Waals surface area contributed by atoms with Crippen LogP contribution in [0.4, 0.5) is 8.78 Å². The number of esters is 1. The standard InChI is InChI=1S/C12H12BrClF2O3/c1-2-18-11(17)5-7-4-10(19-12(15)16)9(14)3-8(7)6-13/h3-4,12H,2,5-6H2,1H3. The zero-order valence-corrected chi connectivity index (χ0v) is 12.4. The van der Waals surface area contributed by atoms with Gasteiger partial charge in [0.15, 0.2) is 0 Å². The summed E-state index contributed by atoms with van der Waals surface area (Å²) in [5, 5.41) is 0.513. The molecule has 1 aromatic carbocycles. The summed E-state index contributed by atoms with van der Waals surface area (Å²) in [6.07, 6.45) is -0.0223. The Morgan fingerprint density at radius 2 is 2.11 bits per heavy atom. The summed E-state index contributed by atoms with van der Waals surface area (Å²) >= 11 is 9.07. The fourth-order valence-electron chi connectivity index (χ4n) is 1.48. The van der Waals surface area contributed by atoms with Crippen molar-refractivity contribution in [2.45, 2.75) is 25.3 Å². The summed E-state index contributed by atoms with van der Waals surface area (Å²) in [7, 11) is 0. The minimum absolute atomic E-state index is 0.0223. The third kappa shape index (κ3) is 4.95. The fraction of sp³-hybridized carbons (Fsp3) is 0.417. The number of rotatable bonds is 6. The molecule has 7 heteroatoms. The monoisotopic (exact) mass is 356 g/mol. The summed E-state index contributed by atoms with van der Waals surface area (Å²) < 4.78 is 33.5. The lowest BCUT2D eigenvalue weighted by molar-refractivity contribution is -0.142. The van der Waals surface area contributed by atoms with Crippen LogP contribution in [0.1, 0.15) is 18.1 Å². The SMILES string of the molecule is CCOC(=O)Cc1cc(OC(F)F)c(Cl)cc1CBr. The molecule has 0 aliphatic rings. The van der Waals surface area contributed by atoms with Gasteiger partial charge in [0.05, 0.1) is 18.1 Å². The topological polar surface area (TPSA) is 35.5 Å². The van der Waals surface area contributed by atoms with E-state index in [1.165, 1.54) is 12.1 Å². The first-order chi connectivity index (χ1) is 8.97. The molecule has 0 saturated heterocycles. The van der Waals surface area contributed by atoms with Gasteiger partial charge in [-0.1, -0.05) is 27.5 Å². The van der Waals surface area contributed by atoms with Crippen molar-refractivity contribution < 1.29 is 23.0 Å². The van der Waals surface area contributed by atoms with Gasteiger partial charge in [0, 0.05) is 5.33 Å². The number of hydrogen-bond acceptors (Lipinski definition) is 3. The van der Waals surface area contributed by atoms with Gasteiger partial charge in [-0.25, -0.2) is 0 Å². The molecular formula is C12H12BrClF2O3. The zero-order chi connectivity index (χ0) is 14.4. The van der Waals surface area contributed by atoms with Gasteiger partial charge in [-0.3, -0.25) is 4.79 Å². The highest BCUT2D eigenvalue weighted by Crippen LogP contribution is 2.31. The molecular weight excluding hydrogens is 345 g/mol. The number of benzene rings is 1. The van der Waals surface area contributed by atoms with E-state index in [0.717, 1.165) is 5.56 Å². The van der Waals surface area contributed by atoms with Crippen molar-refractivity contribution in [2.24, 2.45) is 0 Å². The van der Waals surface area contributed by atoms with Crippen LogP contribution in [0.15, 0.2) is 12.1 Å². The first-order valence-corrected chi connectivity index (χ1v) is 6.95. The van der Waals surface area contributed by atoms with Crippen LogP contribution in [-0.4, -0.2) is 19.2 Å². The van der Waals surface area contributed by atoms with Gasteiger partial charge in [0.1, 0.15) is 5.75 Å². The normalized spacial score (nSPS) is 10.6. The second kappa shape index (κ2) is 7.65. The first-order valence-electron chi connectivity index (χ1n) is 5.45. The van der Waals surface area contributed by atoms with Crippen molar-refractivity contribution in [1.82, 2.24) is 0 Å². The molecule has 0 bridgehead atoms. The minimum Gasteiger partial charge on any atom is -0.466 e. The lowest BCUT2D eigenvalue weighted by atomic mass is 10.1. The summed E-state index contributed by atoms with van der Waals surface area (Å²) in [5.41, 5.74) is 1.26. The molecule has 0 heterocycles. The predicted molar refractivity (Wildman–Crippen MR) is 71.1 cm³/mol. The summed E-state index contributed by atoms with van der Waals surface area (Å²) in [6.45, 7) is -1.02.